The van der Waals surface area contributed by atoms with Gasteiger partial charge in [-0.05, 0) is 42.3 Å². The summed E-state index contributed by atoms with van der Waals surface area (Å²) in [5, 5.41) is 8.86. The smallest absolute Gasteiger partial charge is 0.0592 e. The monoisotopic (exact) mass is 272 g/mol. The Hall–Kier alpha value is -0.610. The van der Waals surface area contributed by atoms with Crippen molar-refractivity contribution in [1.82, 2.24) is 4.98 Å². The van der Waals surface area contributed by atoms with Crippen molar-refractivity contribution >= 4 is 21.6 Å². The Kier molecular flexibility index (Phi) is 5.05. The maximum atomic E-state index is 8.86. The van der Waals surface area contributed by atoms with Crippen molar-refractivity contribution in [3.05, 3.63) is 22.9 Å². The molecule has 84 valence electrons. The predicted octanol–water partition coefficient (Wildman–Crippen LogP) is 2.44. The molecule has 0 spiro atoms. The van der Waals surface area contributed by atoms with Gasteiger partial charge in [0.2, 0.25) is 0 Å². The van der Waals surface area contributed by atoms with Crippen LogP contribution in [0.4, 0.5) is 5.69 Å². The van der Waals surface area contributed by atoms with Crippen LogP contribution in [0.25, 0.3) is 0 Å². The van der Waals surface area contributed by atoms with Crippen LogP contribution in [0.1, 0.15) is 20.3 Å². The number of anilines is 1. The fourth-order valence-corrected chi connectivity index (χ4v) is 1.98. The Labute approximate surface area is 99.3 Å². The number of nitrogens with zero attached hydrogens (tertiary/aromatic N) is 2. The van der Waals surface area contributed by atoms with Gasteiger partial charge in [0.1, 0.15) is 0 Å². The molecular formula is C11H17BrN2O. The molecule has 1 N–H and O–H groups in total. The highest BCUT2D eigenvalue weighted by molar-refractivity contribution is 9.10. The van der Waals surface area contributed by atoms with E-state index in [0.29, 0.717) is 6.04 Å². The molecule has 15 heavy (non-hydrogen) atoms. The topological polar surface area (TPSA) is 36.4 Å². The molecule has 0 fully saturated rings. The molecule has 0 radical (unpaired) electrons. The van der Waals surface area contributed by atoms with Crippen molar-refractivity contribution in [3.63, 3.8) is 0 Å². The molecule has 0 aliphatic heterocycles. The second-order valence-corrected chi connectivity index (χ2v) is 4.55. The quantitative estimate of drug-likeness (QED) is 0.895. The summed E-state index contributed by atoms with van der Waals surface area (Å²) in [7, 11) is 0. The summed E-state index contributed by atoms with van der Waals surface area (Å²) < 4.78 is 0.997. The second kappa shape index (κ2) is 6.08. The minimum absolute atomic E-state index is 0.228. The van der Waals surface area contributed by atoms with E-state index in [1.807, 2.05) is 6.07 Å². The molecule has 0 aliphatic carbocycles. The maximum absolute atomic E-state index is 8.86. The van der Waals surface area contributed by atoms with Crippen LogP contribution in [0, 0.1) is 0 Å². The summed E-state index contributed by atoms with van der Waals surface area (Å²) >= 11 is 3.49. The van der Waals surface area contributed by atoms with Crippen LogP contribution >= 0.6 is 15.9 Å². The highest BCUT2D eigenvalue weighted by Gasteiger charge is 2.12. The summed E-state index contributed by atoms with van der Waals surface area (Å²) in [5.41, 5.74) is 1.13. The molecule has 0 unspecified atom stereocenters. The number of hydrogen-bond acceptors (Lipinski definition) is 3. The third kappa shape index (κ3) is 3.47. The minimum atomic E-state index is 0.228. The number of pyridine rings is 1. The number of rotatable bonds is 5. The van der Waals surface area contributed by atoms with E-state index in [4.69, 9.17) is 5.11 Å². The van der Waals surface area contributed by atoms with Crippen LogP contribution in [-0.2, 0) is 0 Å². The summed E-state index contributed by atoms with van der Waals surface area (Å²) in [6.45, 7) is 5.37. The first-order chi connectivity index (χ1) is 7.16. The summed E-state index contributed by atoms with van der Waals surface area (Å²) in [5.74, 6) is 0. The third-order valence-electron chi connectivity index (χ3n) is 2.24. The Morgan fingerprint density at radius 3 is 2.80 bits per heavy atom. The van der Waals surface area contributed by atoms with Gasteiger partial charge in [0.25, 0.3) is 0 Å². The molecule has 0 amide bonds. The van der Waals surface area contributed by atoms with Gasteiger partial charge in [0.05, 0.1) is 10.2 Å². The van der Waals surface area contributed by atoms with E-state index in [1.54, 1.807) is 12.4 Å². The molecule has 1 aromatic rings. The lowest BCUT2D eigenvalue weighted by Crippen LogP contribution is -2.32. The molecule has 3 nitrogen and oxygen atoms in total. The van der Waals surface area contributed by atoms with Crippen LogP contribution in [0.15, 0.2) is 22.9 Å². The predicted molar refractivity (Wildman–Crippen MR) is 66.1 cm³/mol. The fourth-order valence-electron chi connectivity index (χ4n) is 1.50. The lowest BCUT2D eigenvalue weighted by molar-refractivity contribution is 0.288. The minimum Gasteiger partial charge on any atom is -0.396 e. The van der Waals surface area contributed by atoms with Crippen molar-refractivity contribution in [3.8, 4) is 0 Å². The van der Waals surface area contributed by atoms with Gasteiger partial charge in [-0.2, -0.15) is 0 Å². The number of hydrogen-bond donors (Lipinski definition) is 1. The van der Waals surface area contributed by atoms with E-state index in [-0.39, 0.29) is 6.61 Å². The lowest BCUT2D eigenvalue weighted by Gasteiger charge is -2.29. The molecule has 0 atom stereocenters. The molecule has 0 aliphatic rings. The van der Waals surface area contributed by atoms with E-state index >= 15 is 0 Å². The van der Waals surface area contributed by atoms with Crippen molar-refractivity contribution in [1.29, 1.82) is 0 Å². The van der Waals surface area contributed by atoms with Crippen molar-refractivity contribution < 1.29 is 5.11 Å². The van der Waals surface area contributed by atoms with E-state index in [1.165, 1.54) is 0 Å². The molecule has 4 heteroatoms. The first kappa shape index (κ1) is 12.5. The SMILES string of the molecule is CC(C)N(CCCO)c1ccncc1Br. The fraction of sp³-hybridized carbons (Fsp3) is 0.545. The van der Waals surface area contributed by atoms with Crippen LogP contribution in [0.2, 0.25) is 0 Å². The van der Waals surface area contributed by atoms with Crippen LogP contribution < -0.4 is 4.90 Å². The summed E-state index contributed by atoms with van der Waals surface area (Å²) in [4.78, 5) is 6.30. The highest BCUT2D eigenvalue weighted by atomic mass is 79.9. The standard InChI is InChI=1S/C11H17BrN2O/c1-9(2)14(6-3-7-15)11-4-5-13-8-10(11)12/h4-5,8-9,15H,3,6-7H2,1-2H3. The average molecular weight is 273 g/mol. The molecule has 0 aromatic carbocycles. The van der Waals surface area contributed by atoms with Gasteiger partial charge in [0, 0.05) is 31.6 Å². The molecular weight excluding hydrogens is 256 g/mol. The Bertz CT molecular complexity index is 304. The van der Waals surface area contributed by atoms with Gasteiger partial charge in [-0.1, -0.05) is 0 Å². The molecule has 1 rings (SSSR count). The van der Waals surface area contributed by atoms with Crippen molar-refractivity contribution in [2.75, 3.05) is 18.1 Å². The number of aromatic nitrogens is 1. The van der Waals surface area contributed by atoms with E-state index < -0.39 is 0 Å². The molecule has 0 saturated heterocycles. The zero-order chi connectivity index (χ0) is 11.3. The molecule has 1 aromatic heterocycles. The first-order valence-electron chi connectivity index (χ1n) is 5.14. The normalized spacial score (nSPS) is 10.7. The Balaban J connectivity index is 2.84. The average Bonchev–Trinajstić information content (AvgIpc) is 2.20. The zero-order valence-electron chi connectivity index (χ0n) is 9.15. The van der Waals surface area contributed by atoms with E-state index in [9.17, 15) is 0 Å². The van der Waals surface area contributed by atoms with Gasteiger partial charge in [-0.15, -0.1) is 0 Å². The van der Waals surface area contributed by atoms with Gasteiger partial charge in [-0.25, -0.2) is 0 Å². The first-order valence-corrected chi connectivity index (χ1v) is 5.93. The van der Waals surface area contributed by atoms with Gasteiger partial charge in [-0.3, -0.25) is 4.98 Å². The number of aliphatic hydroxyl groups excluding tert-OH is 1. The van der Waals surface area contributed by atoms with Crippen LogP contribution in [-0.4, -0.2) is 29.3 Å². The second-order valence-electron chi connectivity index (χ2n) is 3.69. The van der Waals surface area contributed by atoms with Gasteiger partial charge < -0.3 is 10.0 Å². The van der Waals surface area contributed by atoms with Gasteiger partial charge in [0.15, 0.2) is 0 Å². The number of aliphatic hydroxyl groups is 1. The summed E-state index contributed by atoms with van der Waals surface area (Å²) in [6, 6.07) is 2.40. The highest BCUT2D eigenvalue weighted by Crippen LogP contribution is 2.26. The van der Waals surface area contributed by atoms with Crippen LogP contribution in [0.3, 0.4) is 0 Å². The third-order valence-corrected chi connectivity index (χ3v) is 2.85. The largest absolute Gasteiger partial charge is 0.396 e. The van der Waals surface area contributed by atoms with E-state index in [0.717, 1.165) is 23.1 Å². The van der Waals surface area contributed by atoms with Crippen molar-refractivity contribution in [2.45, 2.75) is 26.3 Å². The lowest BCUT2D eigenvalue weighted by atomic mass is 10.2. The molecule has 0 bridgehead atoms. The van der Waals surface area contributed by atoms with Crippen LogP contribution in [0.5, 0.6) is 0 Å². The maximum Gasteiger partial charge on any atom is 0.0592 e. The Morgan fingerprint density at radius 1 is 1.53 bits per heavy atom. The van der Waals surface area contributed by atoms with Crippen molar-refractivity contribution in [2.24, 2.45) is 0 Å². The molecule has 1 heterocycles. The number of halogens is 1. The van der Waals surface area contributed by atoms with Gasteiger partial charge >= 0.3 is 0 Å². The zero-order valence-corrected chi connectivity index (χ0v) is 10.7. The Morgan fingerprint density at radius 2 is 2.27 bits per heavy atom. The summed E-state index contributed by atoms with van der Waals surface area (Å²) in [6.07, 6.45) is 4.37. The van der Waals surface area contributed by atoms with E-state index in [2.05, 4.69) is 39.7 Å². The molecule has 0 saturated carbocycles.